The summed E-state index contributed by atoms with van der Waals surface area (Å²) in [4.78, 5) is 15.8. The highest BCUT2D eigenvalue weighted by atomic mass is 32.2. The number of halogens is 1. The van der Waals surface area contributed by atoms with Gasteiger partial charge in [-0.15, -0.1) is 0 Å². The maximum atomic E-state index is 14.5. The molecule has 0 bridgehead atoms. The Labute approximate surface area is 201 Å². The Bertz CT molecular complexity index is 1480. The zero-order valence-corrected chi connectivity index (χ0v) is 20.3. The van der Waals surface area contributed by atoms with Gasteiger partial charge in [0.05, 0.1) is 25.9 Å². The molecule has 4 rings (SSSR count). The van der Waals surface area contributed by atoms with Gasteiger partial charge in [0.1, 0.15) is 17.3 Å². The fraction of sp³-hybridized carbons (Fsp3) is 0.227. The lowest BCUT2D eigenvalue weighted by atomic mass is 10.2. The van der Waals surface area contributed by atoms with E-state index in [4.69, 9.17) is 9.47 Å². The van der Waals surface area contributed by atoms with Crippen LogP contribution in [-0.2, 0) is 16.6 Å². The quantitative estimate of drug-likeness (QED) is 0.316. The van der Waals surface area contributed by atoms with E-state index in [1.54, 1.807) is 37.4 Å². The van der Waals surface area contributed by atoms with Gasteiger partial charge in [-0.05, 0) is 18.2 Å². The largest absolute Gasteiger partial charge is 0.493 e. The monoisotopic (exact) mass is 501 g/mol. The Balaban J connectivity index is 1.66. The zero-order chi connectivity index (χ0) is 25.2. The van der Waals surface area contributed by atoms with Gasteiger partial charge in [0, 0.05) is 43.3 Å². The van der Waals surface area contributed by atoms with Crippen molar-refractivity contribution in [2.45, 2.75) is 6.54 Å². The maximum Gasteiger partial charge on any atom is 0.233 e. The summed E-state index contributed by atoms with van der Waals surface area (Å²) >= 11 is 0. The molecule has 0 amide bonds. The molecule has 4 aromatic rings. The molecule has 0 radical (unpaired) electrons. The first-order valence-electron chi connectivity index (χ1n) is 10.4. The molecule has 0 fully saturated rings. The second kappa shape index (κ2) is 9.62. The average Bonchev–Trinajstić information content (AvgIpc) is 3.22. The van der Waals surface area contributed by atoms with E-state index in [2.05, 4.69) is 30.6 Å². The van der Waals surface area contributed by atoms with Crippen molar-refractivity contribution in [3.05, 3.63) is 54.1 Å². The van der Waals surface area contributed by atoms with Gasteiger partial charge in [-0.3, -0.25) is 4.31 Å². The van der Waals surface area contributed by atoms with Crippen molar-refractivity contribution in [3.8, 4) is 11.5 Å². The third-order valence-electron chi connectivity index (χ3n) is 5.23. The van der Waals surface area contributed by atoms with Crippen molar-refractivity contribution >= 4 is 44.3 Å². The molecule has 0 unspecified atom stereocenters. The molecule has 3 aromatic heterocycles. The predicted octanol–water partition coefficient (Wildman–Crippen LogP) is 3.26. The van der Waals surface area contributed by atoms with Gasteiger partial charge >= 0.3 is 0 Å². The number of aromatic amines is 1. The molecule has 184 valence electrons. The van der Waals surface area contributed by atoms with Crippen LogP contribution in [0.15, 0.2) is 42.7 Å². The van der Waals surface area contributed by atoms with Crippen LogP contribution in [0.4, 0.5) is 27.7 Å². The predicted molar refractivity (Wildman–Crippen MR) is 131 cm³/mol. The molecule has 0 aliphatic carbocycles. The number of anilines is 4. The molecule has 3 N–H and O–H groups in total. The second-order valence-corrected chi connectivity index (χ2v) is 9.53. The van der Waals surface area contributed by atoms with E-state index >= 15 is 0 Å². The van der Waals surface area contributed by atoms with E-state index < -0.39 is 15.8 Å². The summed E-state index contributed by atoms with van der Waals surface area (Å²) in [6.45, 7) is 0.134. The minimum atomic E-state index is -3.52. The van der Waals surface area contributed by atoms with Crippen molar-refractivity contribution in [1.82, 2.24) is 19.9 Å². The first kappa shape index (κ1) is 24.0. The van der Waals surface area contributed by atoms with Crippen molar-refractivity contribution in [2.75, 3.05) is 42.5 Å². The smallest absolute Gasteiger partial charge is 0.233 e. The molecular weight excluding hydrogens is 477 g/mol. The van der Waals surface area contributed by atoms with Crippen LogP contribution in [0.25, 0.3) is 11.0 Å². The molecule has 1 aromatic carbocycles. The van der Waals surface area contributed by atoms with Crippen LogP contribution < -0.4 is 24.4 Å². The highest BCUT2D eigenvalue weighted by molar-refractivity contribution is 7.92. The summed E-state index contributed by atoms with van der Waals surface area (Å²) < 4.78 is 50.2. The Kier molecular flexibility index (Phi) is 6.60. The molecular formula is C22H24FN7O4S. The van der Waals surface area contributed by atoms with E-state index in [0.717, 1.165) is 10.6 Å². The number of aromatic nitrogens is 4. The third-order valence-corrected chi connectivity index (χ3v) is 6.40. The molecule has 3 heterocycles. The number of nitrogens with zero attached hydrogens (tertiary/aromatic N) is 4. The van der Waals surface area contributed by atoms with Gasteiger partial charge < -0.3 is 25.1 Å². The minimum absolute atomic E-state index is 0.134. The summed E-state index contributed by atoms with van der Waals surface area (Å²) in [6.07, 6.45) is 3.78. The lowest BCUT2D eigenvalue weighted by Gasteiger charge is -2.19. The van der Waals surface area contributed by atoms with Crippen LogP contribution in [0.5, 0.6) is 11.5 Å². The molecule has 0 aliphatic heterocycles. The van der Waals surface area contributed by atoms with E-state index in [1.165, 1.54) is 26.6 Å². The molecule has 13 heteroatoms. The Morgan fingerprint density at radius 3 is 2.63 bits per heavy atom. The number of methoxy groups -OCH3 is 2. The normalized spacial score (nSPS) is 11.3. The van der Waals surface area contributed by atoms with E-state index in [1.807, 2.05) is 0 Å². The first-order valence-corrected chi connectivity index (χ1v) is 12.2. The molecule has 11 nitrogen and oxygen atoms in total. The summed E-state index contributed by atoms with van der Waals surface area (Å²) in [5.74, 6) is 1.23. The standard InChI is InChI=1S/C22H24FN7O4S/c1-30(35(4,31)32)21-13(6-5-9-24-21)11-25-19-18-15(23)12-26-20(18)29-22(28-19)27-14-7-8-16(33-2)17(10-14)34-3/h5-10,12H,11H2,1-4H3,(H3,25,26,27,28,29). The van der Waals surface area contributed by atoms with Crippen LogP contribution >= 0.6 is 0 Å². The third kappa shape index (κ3) is 5.04. The van der Waals surface area contributed by atoms with Gasteiger partial charge in [0.25, 0.3) is 0 Å². The fourth-order valence-electron chi connectivity index (χ4n) is 3.41. The molecule has 0 aliphatic rings. The number of rotatable bonds is 9. The number of H-pyrrole nitrogens is 1. The van der Waals surface area contributed by atoms with E-state index in [9.17, 15) is 12.8 Å². The summed E-state index contributed by atoms with van der Waals surface area (Å²) in [7, 11) is 0.967. The number of sulfonamides is 1. The number of hydrogen-bond donors (Lipinski definition) is 3. The Morgan fingerprint density at radius 1 is 1.14 bits per heavy atom. The van der Waals surface area contributed by atoms with Crippen molar-refractivity contribution in [3.63, 3.8) is 0 Å². The van der Waals surface area contributed by atoms with Crippen LogP contribution in [0.3, 0.4) is 0 Å². The Morgan fingerprint density at radius 2 is 1.91 bits per heavy atom. The minimum Gasteiger partial charge on any atom is -0.493 e. The van der Waals surface area contributed by atoms with Gasteiger partial charge in [-0.2, -0.15) is 9.97 Å². The van der Waals surface area contributed by atoms with Crippen molar-refractivity contribution < 1.29 is 22.3 Å². The number of fused-ring (bicyclic) bond motifs is 1. The van der Waals surface area contributed by atoms with E-state index in [0.29, 0.717) is 22.7 Å². The van der Waals surface area contributed by atoms with Gasteiger partial charge in [-0.1, -0.05) is 6.07 Å². The lowest BCUT2D eigenvalue weighted by molar-refractivity contribution is 0.355. The average molecular weight is 502 g/mol. The highest BCUT2D eigenvalue weighted by Gasteiger charge is 2.19. The first-order chi connectivity index (χ1) is 16.7. The summed E-state index contributed by atoms with van der Waals surface area (Å²) in [5, 5.41) is 6.34. The number of nitrogens with one attached hydrogen (secondary N) is 3. The molecule has 0 saturated carbocycles. The zero-order valence-electron chi connectivity index (χ0n) is 19.5. The molecule has 0 atom stereocenters. The molecule has 35 heavy (non-hydrogen) atoms. The summed E-state index contributed by atoms with van der Waals surface area (Å²) in [6, 6.07) is 8.63. The lowest BCUT2D eigenvalue weighted by Crippen LogP contribution is -2.27. The number of ether oxygens (including phenoxy) is 2. The highest BCUT2D eigenvalue weighted by Crippen LogP contribution is 2.32. The Hall–Kier alpha value is -4.13. The number of benzene rings is 1. The number of hydrogen-bond acceptors (Lipinski definition) is 9. The topological polar surface area (TPSA) is 134 Å². The van der Waals surface area contributed by atoms with Gasteiger partial charge in [0.15, 0.2) is 17.3 Å². The summed E-state index contributed by atoms with van der Waals surface area (Å²) in [5.41, 5.74) is 1.49. The maximum absolute atomic E-state index is 14.5. The van der Waals surface area contributed by atoms with Crippen molar-refractivity contribution in [2.24, 2.45) is 0 Å². The van der Waals surface area contributed by atoms with Crippen molar-refractivity contribution in [1.29, 1.82) is 0 Å². The fourth-order valence-corrected chi connectivity index (χ4v) is 3.89. The van der Waals surface area contributed by atoms with Gasteiger partial charge in [-0.25, -0.2) is 17.8 Å². The van der Waals surface area contributed by atoms with Crippen LogP contribution in [0, 0.1) is 5.82 Å². The number of pyridine rings is 1. The SMILES string of the molecule is COc1ccc(Nc2nc(NCc3cccnc3N(C)S(C)(=O)=O)c3c(F)c[nH]c3n2)cc1OC. The van der Waals surface area contributed by atoms with E-state index in [-0.39, 0.29) is 35.2 Å². The van der Waals surface area contributed by atoms with Crippen LogP contribution in [0.1, 0.15) is 5.56 Å². The van der Waals surface area contributed by atoms with Crippen LogP contribution in [-0.4, -0.2) is 55.9 Å². The second-order valence-electron chi connectivity index (χ2n) is 7.52. The molecule has 0 saturated heterocycles. The molecule has 0 spiro atoms. The van der Waals surface area contributed by atoms with Crippen LogP contribution in [0.2, 0.25) is 0 Å². The van der Waals surface area contributed by atoms with Gasteiger partial charge in [0.2, 0.25) is 16.0 Å².